The van der Waals surface area contributed by atoms with Gasteiger partial charge in [-0.05, 0) is 30.3 Å². The number of hydrogen-bond acceptors (Lipinski definition) is 5. The van der Waals surface area contributed by atoms with Crippen molar-refractivity contribution in [2.75, 3.05) is 31.1 Å². The maximum Gasteiger partial charge on any atom is 0.274 e. The van der Waals surface area contributed by atoms with Gasteiger partial charge in [0.25, 0.3) is 19.7 Å². The number of amides is 1. The summed E-state index contributed by atoms with van der Waals surface area (Å²) >= 11 is 17.1. The van der Waals surface area contributed by atoms with Gasteiger partial charge in [-0.25, -0.2) is 16.8 Å². The van der Waals surface area contributed by atoms with Gasteiger partial charge in [-0.3, -0.25) is 9.59 Å². The largest absolute Gasteiger partial charge is 0.367 e. The molecule has 1 aliphatic heterocycles. The number of aromatic nitrogens is 1. The van der Waals surface area contributed by atoms with Crippen LogP contribution >= 0.6 is 34.8 Å². The Bertz CT molecular complexity index is 1350. The summed E-state index contributed by atoms with van der Waals surface area (Å²) < 4.78 is 39.0. The molecule has 0 radical (unpaired) electrons. The highest BCUT2D eigenvalue weighted by molar-refractivity contribution is 7.90. The highest BCUT2D eigenvalue weighted by Crippen LogP contribution is 2.34. The van der Waals surface area contributed by atoms with Crippen LogP contribution in [-0.2, 0) is 14.8 Å². The lowest BCUT2D eigenvalue weighted by atomic mass is 10.1. The molecule has 0 bridgehead atoms. The van der Waals surface area contributed by atoms with Crippen molar-refractivity contribution < 1.29 is 22.4 Å². The van der Waals surface area contributed by atoms with Crippen molar-refractivity contribution in [3.63, 3.8) is 0 Å². The third-order valence-corrected chi connectivity index (χ3v) is 7.59. The van der Waals surface area contributed by atoms with E-state index in [4.69, 9.17) is 34.8 Å². The van der Waals surface area contributed by atoms with E-state index in [-0.39, 0.29) is 29.1 Å². The van der Waals surface area contributed by atoms with E-state index in [1.165, 1.54) is 23.2 Å². The number of anilines is 1. The van der Waals surface area contributed by atoms with Crippen LogP contribution in [0.1, 0.15) is 10.4 Å². The summed E-state index contributed by atoms with van der Waals surface area (Å²) in [4.78, 5) is 27.2. The Hall–Kier alpha value is -2.33. The smallest absolute Gasteiger partial charge is 0.274 e. The molecule has 12 heteroatoms. The molecule has 1 amide bonds. The molecule has 0 spiro atoms. The molecule has 0 aliphatic carbocycles. The van der Waals surface area contributed by atoms with Gasteiger partial charge >= 0.3 is 0 Å². The summed E-state index contributed by atoms with van der Waals surface area (Å²) in [6, 6.07) is 9.67. The number of hydrogen-bond donors (Lipinski definition) is 0. The van der Waals surface area contributed by atoms with Crippen molar-refractivity contribution in [2.45, 2.75) is 8.69 Å². The second-order valence-corrected chi connectivity index (χ2v) is 11.5. The van der Waals surface area contributed by atoms with E-state index in [2.05, 4.69) is 0 Å². The van der Waals surface area contributed by atoms with Crippen molar-refractivity contribution in [3.8, 4) is 0 Å². The van der Waals surface area contributed by atoms with Gasteiger partial charge in [0.05, 0.1) is 10.4 Å². The van der Waals surface area contributed by atoms with E-state index in [1.807, 2.05) is 4.90 Å². The van der Waals surface area contributed by atoms with Crippen LogP contribution in [0.15, 0.2) is 53.6 Å². The van der Waals surface area contributed by atoms with Gasteiger partial charge in [-0.15, -0.1) is 0 Å². The first kappa shape index (κ1) is 23.8. The molecule has 1 aromatic heterocycles. The number of piperazine rings is 1. The molecule has 0 unspecified atom stereocenters. The third-order valence-electron chi connectivity index (χ3n) is 5.43. The monoisotopic (exact) mass is 531 g/mol. The highest BCUT2D eigenvalue weighted by atomic mass is 35.6. The van der Waals surface area contributed by atoms with Crippen LogP contribution in [-0.4, -0.2) is 59.5 Å². The summed E-state index contributed by atoms with van der Waals surface area (Å²) in [6.07, 6.45) is 1.80. The third kappa shape index (κ3) is 4.42. The fourth-order valence-corrected chi connectivity index (χ4v) is 5.65. The molecule has 0 saturated carbocycles. The zero-order valence-corrected chi connectivity index (χ0v) is 20.0. The van der Waals surface area contributed by atoms with E-state index < -0.39 is 25.5 Å². The van der Waals surface area contributed by atoms with Gasteiger partial charge in [0.15, 0.2) is 6.29 Å². The quantitative estimate of drug-likeness (QED) is 0.377. The van der Waals surface area contributed by atoms with E-state index in [0.717, 1.165) is 16.1 Å². The standard InChI is InChI=1S/C21H17Cl3FN3O4S/c22-21(23,24)20(30)27-9-7-26(8-10-27)17-5-2-6-18-19(17)14(13-29)12-28(18)33(31,32)16-4-1-3-15(25)11-16/h1-6,11-13H,7-10H2. The second kappa shape index (κ2) is 8.79. The first-order chi connectivity index (χ1) is 15.5. The van der Waals surface area contributed by atoms with Gasteiger partial charge in [0.1, 0.15) is 5.82 Å². The van der Waals surface area contributed by atoms with E-state index in [0.29, 0.717) is 30.4 Å². The number of rotatable bonds is 4. The lowest BCUT2D eigenvalue weighted by Gasteiger charge is -2.37. The Labute approximate surface area is 204 Å². The number of benzene rings is 2. The summed E-state index contributed by atoms with van der Waals surface area (Å²) in [5.74, 6) is -1.31. The van der Waals surface area contributed by atoms with Crippen molar-refractivity contribution in [2.24, 2.45) is 0 Å². The van der Waals surface area contributed by atoms with Crippen LogP contribution in [0.5, 0.6) is 0 Å². The van der Waals surface area contributed by atoms with Crippen LogP contribution in [0.3, 0.4) is 0 Å². The minimum atomic E-state index is -4.16. The average Bonchev–Trinajstić information content (AvgIpc) is 3.18. The van der Waals surface area contributed by atoms with Crippen molar-refractivity contribution in [3.05, 3.63) is 60.0 Å². The van der Waals surface area contributed by atoms with Gasteiger partial charge < -0.3 is 9.80 Å². The summed E-state index contributed by atoms with van der Waals surface area (Å²) in [7, 11) is -4.16. The fourth-order valence-electron chi connectivity index (χ4n) is 3.89. The molecule has 7 nitrogen and oxygen atoms in total. The number of carbonyl (C=O) groups excluding carboxylic acids is 2. The SMILES string of the molecule is O=Cc1cn(S(=O)(=O)c2cccc(F)c2)c2cccc(N3CCN(C(=O)C(Cl)(Cl)Cl)CC3)c12. The topological polar surface area (TPSA) is 79.7 Å². The predicted octanol–water partition coefficient (Wildman–Crippen LogP) is 3.85. The van der Waals surface area contributed by atoms with Gasteiger partial charge in [0, 0.05) is 49.0 Å². The van der Waals surface area contributed by atoms with Gasteiger partial charge in [-0.2, -0.15) is 0 Å². The fraction of sp³-hybridized carbons (Fsp3) is 0.238. The molecule has 0 atom stereocenters. The Balaban J connectivity index is 1.74. The number of alkyl halides is 3. The predicted molar refractivity (Wildman–Crippen MR) is 125 cm³/mol. The Morgan fingerprint density at radius 1 is 1.03 bits per heavy atom. The van der Waals surface area contributed by atoms with E-state index in [1.54, 1.807) is 18.2 Å². The summed E-state index contributed by atoms with van der Waals surface area (Å²) in [5, 5.41) is 0.439. The summed E-state index contributed by atoms with van der Waals surface area (Å²) in [5.41, 5.74) is 1.07. The van der Waals surface area contributed by atoms with Gasteiger partial charge in [0.2, 0.25) is 0 Å². The molecule has 33 heavy (non-hydrogen) atoms. The van der Waals surface area contributed by atoms with Crippen molar-refractivity contribution in [1.29, 1.82) is 0 Å². The minimum absolute atomic E-state index is 0.167. The van der Waals surface area contributed by atoms with Crippen LogP contribution in [0.4, 0.5) is 10.1 Å². The molecule has 3 aromatic rings. The molecule has 1 aliphatic rings. The van der Waals surface area contributed by atoms with E-state index >= 15 is 0 Å². The number of carbonyl (C=O) groups is 2. The minimum Gasteiger partial charge on any atom is -0.367 e. The molecule has 1 fully saturated rings. The Morgan fingerprint density at radius 2 is 1.70 bits per heavy atom. The first-order valence-corrected chi connectivity index (χ1v) is 12.3. The zero-order chi connectivity index (χ0) is 24.0. The molecular weight excluding hydrogens is 516 g/mol. The van der Waals surface area contributed by atoms with Crippen LogP contribution in [0.2, 0.25) is 0 Å². The Morgan fingerprint density at radius 3 is 2.30 bits per heavy atom. The molecule has 0 N–H and O–H groups in total. The zero-order valence-electron chi connectivity index (χ0n) is 16.9. The van der Waals surface area contributed by atoms with Crippen molar-refractivity contribution >= 4 is 73.6 Å². The lowest BCUT2D eigenvalue weighted by molar-refractivity contribution is -0.130. The van der Waals surface area contributed by atoms with E-state index in [9.17, 15) is 22.4 Å². The second-order valence-electron chi connectivity index (χ2n) is 7.41. The maximum atomic E-state index is 13.7. The molecule has 2 aromatic carbocycles. The molecular formula is C21H17Cl3FN3O4S. The highest BCUT2D eigenvalue weighted by Gasteiger charge is 2.36. The van der Waals surface area contributed by atoms with Crippen molar-refractivity contribution in [1.82, 2.24) is 8.87 Å². The Kier molecular flexibility index (Phi) is 6.34. The normalized spacial score (nSPS) is 15.2. The summed E-state index contributed by atoms with van der Waals surface area (Å²) in [6.45, 7) is 1.32. The number of fused-ring (bicyclic) bond motifs is 1. The maximum absolute atomic E-state index is 13.7. The molecule has 2 heterocycles. The molecule has 1 saturated heterocycles. The number of nitrogens with zero attached hydrogens (tertiary/aromatic N) is 3. The van der Waals surface area contributed by atoms with Gasteiger partial charge in [-0.1, -0.05) is 46.9 Å². The van der Waals surface area contributed by atoms with Crippen LogP contribution in [0.25, 0.3) is 10.9 Å². The van der Waals surface area contributed by atoms with Crippen LogP contribution in [0, 0.1) is 5.82 Å². The lowest BCUT2D eigenvalue weighted by Crippen LogP contribution is -2.51. The number of halogens is 4. The first-order valence-electron chi connectivity index (χ1n) is 9.75. The molecule has 4 rings (SSSR count). The molecule has 174 valence electrons. The number of aldehydes is 1. The average molecular weight is 533 g/mol. The van der Waals surface area contributed by atoms with Crippen LogP contribution < -0.4 is 4.90 Å².